The Morgan fingerprint density at radius 3 is 2.48 bits per heavy atom. The molecule has 1 unspecified atom stereocenters. The van der Waals surface area contributed by atoms with Crippen molar-refractivity contribution in [3.8, 4) is 0 Å². The molecule has 1 aromatic rings. The molecular weight excluding hydrogens is 286 g/mol. The first-order chi connectivity index (χ1) is 9.97. The normalized spacial score (nSPS) is 13.5. The zero-order valence-electron chi connectivity index (χ0n) is 13.2. The van der Waals surface area contributed by atoms with E-state index in [0.717, 1.165) is 31.5 Å². The van der Waals surface area contributed by atoms with E-state index in [0.29, 0.717) is 6.54 Å². The topological polar surface area (TPSA) is 61.4 Å². The van der Waals surface area contributed by atoms with E-state index in [1.807, 2.05) is 37.3 Å². The Morgan fingerprint density at radius 1 is 1.19 bits per heavy atom. The van der Waals surface area contributed by atoms with Gasteiger partial charge in [-0.2, -0.15) is 17.4 Å². The lowest BCUT2D eigenvalue weighted by Crippen LogP contribution is -2.40. The van der Waals surface area contributed by atoms with Crippen LogP contribution in [-0.2, 0) is 10.2 Å². The summed E-state index contributed by atoms with van der Waals surface area (Å²) in [6.45, 7) is 6.28. The van der Waals surface area contributed by atoms with Gasteiger partial charge in [-0.25, -0.2) is 0 Å². The van der Waals surface area contributed by atoms with E-state index in [9.17, 15) is 8.42 Å². The summed E-state index contributed by atoms with van der Waals surface area (Å²) >= 11 is 0. The zero-order valence-corrected chi connectivity index (χ0v) is 14.0. The van der Waals surface area contributed by atoms with Crippen LogP contribution in [0.5, 0.6) is 0 Å². The summed E-state index contributed by atoms with van der Waals surface area (Å²) in [6, 6.07) is 9.33. The third-order valence-electron chi connectivity index (χ3n) is 3.29. The third kappa shape index (κ3) is 6.56. The van der Waals surface area contributed by atoms with E-state index in [-0.39, 0.29) is 6.04 Å². The Kier molecular flexibility index (Phi) is 7.88. The largest absolute Gasteiger partial charge is 0.317 e. The molecule has 0 aliphatic carbocycles. The SMILES string of the molecule is CCCNCCCN(C)S(=O)(=O)NC(C)c1ccccc1. The summed E-state index contributed by atoms with van der Waals surface area (Å²) < 4.78 is 28.5. The van der Waals surface area contributed by atoms with Gasteiger partial charge >= 0.3 is 0 Å². The molecule has 5 nitrogen and oxygen atoms in total. The van der Waals surface area contributed by atoms with Gasteiger partial charge in [0, 0.05) is 19.6 Å². The Morgan fingerprint density at radius 2 is 1.86 bits per heavy atom. The van der Waals surface area contributed by atoms with Crippen LogP contribution in [0.4, 0.5) is 0 Å². The van der Waals surface area contributed by atoms with Gasteiger partial charge in [0.1, 0.15) is 0 Å². The van der Waals surface area contributed by atoms with Gasteiger partial charge in [-0.3, -0.25) is 0 Å². The summed E-state index contributed by atoms with van der Waals surface area (Å²) in [5, 5.41) is 3.27. The van der Waals surface area contributed by atoms with Crippen LogP contribution in [0.25, 0.3) is 0 Å². The molecular formula is C15H27N3O2S. The maximum Gasteiger partial charge on any atom is 0.279 e. The second-order valence-corrected chi connectivity index (χ2v) is 6.99. The lowest BCUT2D eigenvalue weighted by Gasteiger charge is -2.21. The molecule has 6 heteroatoms. The number of nitrogens with one attached hydrogen (secondary N) is 2. The van der Waals surface area contributed by atoms with Crippen molar-refractivity contribution in [2.24, 2.45) is 0 Å². The summed E-state index contributed by atoms with van der Waals surface area (Å²) in [4.78, 5) is 0. The predicted molar refractivity (Wildman–Crippen MR) is 87.3 cm³/mol. The molecule has 0 heterocycles. The summed E-state index contributed by atoms with van der Waals surface area (Å²) in [5.74, 6) is 0. The van der Waals surface area contributed by atoms with Crippen molar-refractivity contribution >= 4 is 10.2 Å². The molecule has 0 amide bonds. The first kappa shape index (κ1) is 18.1. The molecule has 0 spiro atoms. The average molecular weight is 313 g/mol. The fraction of sp³-hybridized carbons (Fsp3) is 0.600. The van der Waals surface area contributed by atoms with Crippen molar-refractivity contribution < 1.29 is 8.42 Å². The van der Waals surface area contributed by atoms with Crippen molar-refractivity contribution in [2.75, 3.05) is 26.7 Å². The molecule has 0 bridgehead atoms. The highest BCUT2D eigenvalue weighted by atomic mass is 32.2. The van der Waals surface area contributed by atoms with Gasteiger partial charge in [-0.1, -0.05) is 37.3 Å². The molecule has 0 aliphatic heterocycles. The molecule has 1 aromatic carbocycles. The van der Waals surface area contributed by atoms with Crippen LogP contribution in [0, 0.1) is 0 Å². The fourth-order valence-corrected chi connectivity index (χ4v) is 3.10. The lowest BCUT2D eigenvalue weighted by atomic mass is 10.1. The monoisotopic (exact) mass is 313 g/mol. The number of rotatable bonds is 10. The quantitative estimate of drug-likeness (QED) is 0.649. The second-order valence-electron chi connectivity index (χ2n) is 5.18. The molecule has 0 fully saturated rings. The highest BCUT2D eigenvalue weighted by molar-refractivity contribution is 7.87. The van der Waals surface area contributed by atoms with Crippen LogP contribution < -0.4 is 10.0 Å². The van der Waals surface area contributed by atoms with E-state index >= 15 is 0 Å². The van der Waals surface area contributed by atoms with Gasteiger partial charge in [0.15, 0.2) is 0 Å². The van der Waals surface area contributed by atoms with E-state index in [4.69, 9.17) is 0 Å². The molecule has 0 saturated carbocycles. The molecule has 0 aliphatic rings. The third-order valence-corrected chi connectivity index (χ3v) is 4.94. The summed E-state index contributed by atoms with van der Waals surface area (Å²) in [5.41, 5.74) is 0.957. The molecule has 2 N–H and O–H groups in total. The number of hydrogen-bond acceptors (Lipinski definition) is 3. The van der Waals surface area contributed by atoms with Crippen molar-refractivity contribution in [1.29, 1.82) is 0 Å². The summed E-state index contributed by atoms with van der Waals surface area (Å²) in [6.07, 6.45) is 1.89. The molecule has 120 valence electrons. The van der Waals surface area contributed by atoms with Gasteiger partial charge in [-0.15, -0.1) is 0 Å². The lowest BCUT2D eigenvalue weighted by molar-refractivity contribution is 0.438. The Labute approximate surface area is 128 Å². The molecule has 0 saturated heterocycles. The van der Waals surface area contributed by atoms with Gasteiger partial charge in [0.25, 0.3) is 10.2 Å². The van der Waals surface area contributed by atoms with Crippen molar-refractivity contribution in [3.05, 3.63) is 35.9 Å². The minimum atomic E-state index is -3.44. The Balaban J connectivity index is 2.45. The first-order valence-electron chi connectivity index (χ1n) is 7.46. The minimum Gasteiger partial charge on any atom is -0.317 e. The van der Waals surface area contributed by atoms with Crippen LogP contribution in [0.15, 0.2) is 30.3 Å². The predicted octanol–water partition coefficient (Wildman–Crippen LogP) is 1.90. The van der Waals surface area contributed by atoms with Gasteiger partial charge in [0.2, 0.25) is 0 Å². The van der Waals surface area contributed by atoms with Crippen molar-refractivity contribution in [2.45, 2.75) is 32.7 Å². The average Bonchev–Trinajstić information content (AvgIpc) is 2.47. The smallest absolute Gasteiger partial charge is 0.279 e. The fourth-order valence-electron chi connectivity index (χ4n) is 1.97. The Hall–Kier alpha value is -0.950. The van der Waals surface area contributed by atoms with Crippen LogP contribution in [0.3, 0.4) is 0 Å². The van der Waals surface area contributed by atoms with E-state index in [1.54, 1.807) is 7.05 Å². The van der Waals surface area contributed by atoms with Crippen molar-refractivity contribution in [3.63, 3.8) is 0 Å². The maximum absolute atomic E-state index is 12.2. The number of nitrogens with zero attached hydrogens (tertiary/aromatic N) is 1. The molecule has 1 rings (SSSR count). The highest BCUT2D eigenvalue weighted by Gasteiger charge is 2.20. The maximum atomic E-state index is 12.2. The van der Waals surface area contributed by atoms with Crippen LogP contribution in [0.2, 0.25) is 0 Å². The van der Waals surface area contributed by atoms with Gasteiger partial charge in [-0.05, 0) is 38.4 Å². The molecule has 0 radical (unpaired) electrons. The van der Waals surface area contributed by atoms with Crippen molar-refractivity contribution in [1.82, 2.24) is 14.3 Å². The van der Waals surface area contributed by atoms with E-state index in [1.165, 1.54) is 4.31 Å². The number of benzene rings is 1. The second kappa shape index (κ2) is 9.15. The van der Waals surface area contributed by atoms with Crippen LogP contribution >= 0.6 is 0 Å². The van der Waals surface area contributed by atoms with Crippen LogP contribution in [0.1, 0.15) is 38.3 Å². The highest BCUT2D eigenvalue weighted by Crippen LogP contribution is 2.13. The van der Waals surface area contributed by atoms with E-state index in [2.05, 4.69) is 17.0 Å². The first-order valence-corrected chi connectivity index (χ1v) is 8.90. The molecule has 21 heavy (non-hydrogen) atoms. The van der Waals surface area contributed by atoms with Gasteiger partial charge in [0.05, 0.1) is 0 Å². The standard InChI is InChI=1S/C15H27N3O2S/c1-4-11-16-12-8-13-18(3)21(19,20)17-14(2)15-9-6-5-7-10-15/h5-7,9-10,14,16-17H,4,8,11-13H2,1-3H3. The van der Waals surface area contributed by atoms with Gasteiger partial charge < -0.3 is 5.32 Å². The summed E-state index contributed by atoms with van der Waals surface area (Å²) in [7, 11) is -1.83. The zero-order chi connectivity index (χ0) is 15.7. The molecule has 1 atom stereocenters. The minimum absolute atomic E-state index is 0.239. The molecule has 0 aromatic heterocycles. The van der Waals surface area contributed by atoms with Crippen LogP contribution in [-0.4, -0.2) is 39.4 Å². The Bertz CT molecular complexity index is 491. The van der Waals surface area contributed by atoms with E-state index < -0.39 is 10.2 Å². The number of hydrogen-bond donors (Lipinski definition) is 2.